The Kier molecular flexibility index (Phi) is 1.50. The Hall–Kier alpha value is -0.540. The van der Waals surface area contributed by atoms with Crippen LogP contribution >= 0.6 is 0 Å². The van der Waals surface area contributed by atoms with E-state index in [1.54, 1.807) is 0 Å². The molecule has 2 aliphatic carbocycles. The molecule has 4 heteroatoms. The fourth-order valence-corrected chi connectivity index (χ4v) is 2.30. The van der Waals surface area contributed by atoms with E-state index in [0.29, 0.717) is 19.3 Å². The van der Waals surface area contributed by atoms with Crippen molar-refractivity contribution < 1.29 is 18.0 Å². The third-order valence-electron chi connectivity index (χ3n) is 2.88. The van der Waals surface area contributed by atoms with E-state index in [-0.39, 0.29) is 11.7 Å². The highest BCUT2D eigenvalue weighted by Gasteiger charge is 2.67. The van der Waals surface area contributed by atoms with E-state index in [9.17, 15) is 18.0 Å². The van der Waals surface area contributed by atoms with E-state index in [0.717, 1.165) is 0 Å². The number of carbonyl (C=O) groups excluding carboxylic acids is 1. The van der Waals surface area contributed by atoms with Gasteiger partial charge in [0, 0.05) is 12.3 Å². The van der Waals surface area contributed by atoms with Gasteiger partial charge in [-0.05, 0) is 18.8 Å². The number of hydrogen-bond acceptors (Lipinski definition) is 1. The van der Waals surface area contributed by atoms with Crippen LogP contribution in [-0.4, -0.2) is 12.0 Å². The largest absolute Gasteiger partial charge is 0.392 e. The molecule has 0 aliphatic heterocycles. The zero-order valence-electron chi connectivity index (χ0n) is 6.40. The lowest BCUT2D eigenvalue weighted by molar-refractivity contribution is -0.156. The Labute approximate surface area is 67.9 Å². The van der Waals surface area contributed by atoms with Crippen LogP contribution in [0.15, 0.2) is 0 Å². The Morgan fingerprint density at radius 2 is 2.00 bits per heavy atom. The summed E-state index contributed by atoms with van der Waals surface area (Å²) in [7, 11) is 0. The summed E-state index contributed by atoms with van der Waals surface area (Å²) in [6.45, 7) is 0. The van der Waals surface area contributed by atoms with Gasteiger partial charge in [-0.3, -0.25) is 4.79 Å². The average Bonchev–Trinajstić information content (AvgIpc) is 2.60. The molecule has 2 rings (SSSR count). The van der Waals surface area contributed by atoms with Crippen molar-refractivity contribution in [3.63, 3.8) is 0 Å². The Morgan fingerprint density at radius 1 is 1.33 bits per heavy atom. The van der Waals surface area contributed by atoms with Crippen LogP contribution in [0.2, 0.25) is 0 Å². The van der Waals surface area contributed by atoms with Gasteiger partial charge >= 0.3 is 6.18 Å². The van der Waals surface area contributed by atoms with Gasteiger partial charge in [0.2, 0.25) is 0 Å². The summed E-state index contributed by atoms with van der Waals surface area (Å²) in [4.78, 5) is 11.0. The highest BCUT2D eigenvalue weighted by Crippen LogP contribution is 2.60. The second kappa shape index (κ2) is 2.24. The van der Waals surface area contributed by atoms with E-state index in [2.05, 4.69) is 0 Å². The van der Waals surface area contributed by atoms with Gasteiger partial charge in [0.1, 0.15) is 5.78 Å². The van der Waals surface area contributed by atoms with Gasteiger partial charge in [0.05, 0.1) is 5.92 Å². The fourth-order valence-electron chi connectivity index (χ4n) is 2.30. The molecule has 2 aliphatic rings. The van der Waals surface area contributed by atoms with Crippen molar-refractivity contribution in [2.45, 2.75) is 25.4 Å². The highest BCUT2D eigenvalue weighted by molar-refractivity contribution is 5.85. The molecule has 2 saturated carbocycles. The molecule has 0 amide bonds. The van der Waals surface area contributed by atoms with Gasteiger partial charge in [0.15, 0.2) is 0 Å². The molecule has 0 unspecified atom stereocenters. The quantitative estimate of drug-likeness (QED) is 0.555. The molecule has 0 saturated heterocycles. The highest BCUT2D eigenvalue weighted by atomic mass is 19.4. The van der Waals surface area contributed by atoms with Crippen molar-refractivity contribution in [1.82, 2.24) is 0 Å². The van der Waals surface area contributed by atoms with Gasteiger partial charge in [-0.15, -0.1) is 0 Å². The van der Waals surface area contributed by atoms with E-state index in [4.69, 9.17) is 0 Å². The molecule has 2 fully saturated rings. The van der Waals surface area contributed by atoms with E-state index in [1.165, 1.54) is 0 Å². The second-order valence-electron chi connectivity index (χ2n) is 3.62. The number of fused-ring (bicyclic) bond motifs is 1. The topological polar surface area (TPSA) is 17.1 Å². The normalized spacial score (nSPS) is 40.9. The van der Waals surface area contributed by atoms with Crippen molar-refractivity contribution in [1.29, 1.82) is 0 Å². The first kappa shape index (κ1) is 8.08. The van der Waals surface area contributed by atoms with Gasteiger partial charge in [0.25, 0.3) is 0 Å². The monoisotopic (exact) mass is 178 g/mol. The lowest BCUT2D eigenvalue weighted by atomic mass is 10.00. The number of rotatable bonds is 0. The molecule has 0 heterocycles. The van der Waals surface area contributed by atoms with Crippen LogP contribution in [0, 0.1) is 17.8 Å². The first-order valence-electron chi connectivity index (χ1n) is 4.11. The second-order valence-corrected chi connectivity index (χ2v) is 3.62. The lowest BCUT2D eigenvalue weighted by Gasteiger charge is -2.04. The van der Waals surface area contributed by atoms with Gasteiger partial charge in [-0.2, -0.15) is 13.2 Å². The fraction of sp³-hybridized carbons (Fsp3) is 0.875. The Morgan fingerprint density at radius 3 is 2.50 bits per heavy atom. The number of carbonyl (C=O) groups is 1. The smallest absolute Gasteiger partial charge is 0.299 e. The van der Waals surface area contributed by atoms with E-state index < -0.39 is 18.0 Å². The zero-order chi connectivity index (χ0) is 8.93. The van der Waals surface area contributed by atoms with Crippen LogP contribution in [0.3, 0.4) is 0 Å². The predicted molar refractivity (Wildman–Crippen MR) is 35.4 cm³/mol. The summed E-state index contributed by atoms with van der Waals surface area (Å²) >= 11 is 0. The van der Waals surface area contributed by atoms with E-state index in [1.807, 2.05) is 0 Å². The molecule has 12 heavy (non-hydrogen) atoms. The number of hydrogen-bond donors (Lipinski definition) is 0. The number of halogens is 3. The Balaban J connectivity index is 2.10. The van der Waals surface area contributed by atoms with Crippen molar-refractivity contribution in [2.24, 2.45) is 17.8 Å². The molecule has 0 bridgehead atoms. The summed E-state index contributed by atoms with van der Waals surface area (Å²) in [6.07, 6.45) is -2.56. The maximum Gasteiger partial charge on any atom is 0.392 e. The van der Waals surface area contributed by atoms with E-state index >= 15 is 0 Å². The average molecular weight is 178 g/mol. The van der Waals surface area contributed by atoms with Crippen molar-refractivity contribution >= 4 is 5.78 Å². The molecule has 0 N–H and O–H groups in total. The third kappa shape index (κ3) is 1.04. The standard InChI is InChI=1S/C8H9F3O/c9-8(10,11)7-4-2-1-3-5(12)6(4)7/h4,6-7H,1-3H2/t4-,6-,7+/m0/s1. The summed E-state index contributed by atoms with van der Waals surface area (Å²) in [5, 5.41) is 0. The number of ketones is 1. The van der Waals surface area contributed by atoms with Crippen LogP contribution in [-0.2, 0) is 4.79 Å². The van der Waals surface area contributed by atoms with Gasteiger partial charge in [-0.1, -0.05) is 0 Å². The molecule has 3 atom stereocenters. The molecule has 1 nitrogen and oxygen atoms in total. The maximum atomic E-state index is 12.2. The van der Waals surface area contributed by atoms with Crippen LogP contribution < -0.4 is 0 Å². The van der Waals surface area contributed by atoms with Crippen LogP contribution in [0.25, 0.3) is 0 Å². The molecule has 0 aromatic rings. The molecule has 0 spiro atoms. The molecular weight excluding hydrogens is 169 g/mol. The summed E-state index contributed by atoms with van der Waals surface area (Å²) in [5.74, 6) is -2.51. The first-order valence-corrected chi connectivity index (χ1v) is 4.11. The van der Waals surface area contributed by atoms with Crippen LogP contribution in [0.5, 0.6) is 0 Å². The van der Waals surface area contributed by atoms with Crippen LogP contribution in [0.1, 0.15) is 19.3 Å². The van der Waals surface area contributed by atoms with Crippen molar-refractivity contribution in [3.8, 4) is 0 Å². The lowest BCUT2D eigenvalue weighted by Crippen LogP contribution is -2.14. The minimum atomic E-state index is -4.14. The molecule has 0 aromatic carbocycles. The summed E-state index contributed by atoms with van der Waals surface area (Å²) < 4.78 is 36.5. The van der Waals surface area contributed by atoms with Crippen LogP contribution in [0.4, 0.5) is 13.2 Å². The van der Waals surface area contributed by atoms with Gasteiger partial charge < -0.3 is 0 Å². The summed E-state index contributed by atoms with van der Waals surface area (Å²) in [6, 6.07) is 0. The summed E-state index contributed by atoms with van der Waals surface area (Å²) in [5.41, 5.74) is 0. The molecule has 68 valence electrons. The minimum Gasteiger partial charge on any atom is -0.299 e. The minimum absolute atomic E-state index is 0.173. The maximum absolute atomic E-state index is 12.2. The number of Topliss-reactive ketones (excluding diaryl/α,β-unsaturated/α-hetero) is 1. The molecule has 0 aromatic heterocycles. The molecule has 0 radical (unpaired) electrons. The Bertz CT molecular complexity index is 221. The predicted octanol–water partition coefficient (Wildman–Crippen LogP) is 2.16. The first-order chi connectivity index (χ1) is 5.52. The SMILES string of the molecule is O=C1CCC[C@H]2[C@@H]1[C@@H]2C(F)(F)F. The molecular formula is C8H9F3O. The third-order valence-corrected chi connectivity index (χ3v) is 2.88. The zero-order valence-corrected chi connectivity index (χ0v) is 6.40. The van der Waals surface area contributed by atoms with Crippen molar-refractivity contribution in [2.75, 3.05) is 0 Å². The van der Waals surface area contributed by atoms with Crippen molar-refractivity contribution in [3.05, 3.63) is 0 Å². The number of alkyl halides is 3. The van der Waals surface area contributed by atoms with Gasteiger partial charge in [-0.25, -0.2) is 0 Å².